The second-order valence-electron chi connectivity index (χ2n) is 4.99. The van der Waals surface area contributed by atoms with Crippen molar-refractivity contribution >= 4 is 43.5 Å². The molecular weight excluding hydrogens is 412 g/mol. The average Bonchev–Trinajstić information content (AvgIpc) is 2.43. The molecule has 0 radical (unpaired) electrons. The van der Waals surface area contributed by atoms with E-state index in [0.717, 1.165) is 20.4 Å². The Morgan fingerprint density at radius 2 is 1.82 bits per heavy atom. The lowest BCUT2D eigenvalue weighted by atomic mass is 10.3. The van der Waals surface area contributed by atoms with Crippen LogP contribution in [0.2, 0.25) is 0 Å². The van der Waals surface area contributed by atoms with Gasteiger partial charge in [-0.05, 0) is 72.5 Å². The molecule has 0 bridgehead atoms. The average molecular weight is 428 g/mol. The van der Waals surface area contributed by atoms with Crippen LogP contribution in [-0.4, -0.2) is 31.4 Å². The van der Waals surface area contributed by atoms with E-state index in [-0.39, 0.29) is 5.91 Å². The maximum absolute atomic E-state index is 11.7. The lowest BCUT2D eigenvalue weighted by molar-refractivity contribution is -0.116. The molecule has 0 saturated carbocycles. The summed E-state index contributed by atoms with van der Waals surface area (Å²) in [7, 11) is 3.71. The van der Waals surface area contributed by atoms with Crippen LogP contribution in [0.5, 0.6) is 11.5 Å². The lowest BCUT2D eigenvalue weighted by Crippen LogP contribution is -2.26. The van der Waals surface area contributed by atoms with Gasteiger partial charge in [0.2, 0.25) is 5.91 Å². The summed E-state index contributed by atoms with van der Waals surface area (Å²) < 4.78 is 7.64. The predicted molar refractivity (Wildman–Crippen MR) is 95.5 cm³/mol. The van der Waals surface area contributed by atoms with Crippen LogP contribution >= 0.6 is 31.9 Å². The Hall–Kier alpha value is -1.37. The molecule has 2 aromatic rings. The van der Waals surface area contributed by atoms with Crippen molar-refractivity contribution in [3.8, 4) is 11.5 Å². The predicted octanol–water partition coefficient (Wildman–Crippen LogP) is 4.50. The first-order valence-corrected chi connectivity index (χ1v) is 8.20. The molecule has 6 heteroatoms. The standard InChI is InChI=1S/C16H16Br2N2O2/c1-20(2)10-16(21)19-12-4-6-13(7-5-12)22-15-8-3-11(17)9-14(15)18/h3-9H,10H2,1-2H3,(H,19,21). The number of hydrogen-bond acceptors (Lipinski definition) is 3. The fraction of sp³-hybridized carbons (Fsp3) is 0.188. The molecule has 0 unspecified atom stereocenters. The third-order valence-electron chi connectivity index (χ3n) is 2.72. The van der Waals surface area contributed by atoms with Crippen molar-refractivity contribution in [1.82, 2.24) is 4.90 Å². The van der Waals surface area contributed by atoms with Gasteiger partial charge in [0, 0.05) is 10.2 Å². The zero-order valence-electron chi connectivity index (χ0n) is 12.3. The second-order valence-corrected chi connectivity index (χ2v) is 6.76. The lowest BCUT2D eigenvalue weighted by Gasteiger charge is -2.11. The molecule has 0 atom stereocenters. The SMILES string of the molecule is CN(C)CC(=O)Nc1ccc(Oc2ccc(Br)cc2Br)cc1. The number of likely N-dealkylation sites (N-methyl/N-ethyl adjacent to an activating group) is 1. The number of amides is 1. The highest BCUT2D eigenvalue weighted by Gasteiger charge is 2.06. The number of anilines is 1. The molecule has 0 saturated heterocycles. The van der Waals surface area contributed by atoms with Gasteiger partial charge in [0.1, 0.15) is 11.5 Å². The number of halogens is 2. The van der Waals surface area contributed by atoms with Gasteiger partial charge in [-0.15, -0.1) is 0 Å². The molecule has 1 N–H and O–H groups in total. The number of nitrogens with one attached hydrogen (secondary N) is 1. The molecule has 0 fully saturated rings. The van der Waals surface area contributed by atoms with E-state index < -0.39 is 0 Å². The van der Waals surface area contributed by atoms with Gasteiger partial charge in [-0.3, -0.25) is 4.79 Å². The van der Waals surface area contributed by atoms with Crippen LogP contribution in [-0.2, 0) is 4.79 Å². The number of hydrogen-bond donors (Lipinski definition) is 1. The Morgan fingerprint density at radius 1 is 1.14 bits per heavy atom. The van der Waals surface area contributed by atoms with Gasteiger partial charge in [0.15, 0.2) is 0 Å². The topological polar surface area (TPSA) is 41.6 Å². The van der Waals surface area contributed by atoms with Crippen LogP contribution in [0.25, 0.3) is 0 Å². The Morgan fingerprint density at radius 3 is 2.41 bits per heavy atom. The van der Waals surface area contributed by atoms with Crippen LogP contribution in [0.15, 0.2) is 51.4 Å². The minimum atomic E-state index is -0.0469. The molecule has 0 spiro atoms. The zero-order valence-corrected chi connectivity index (χ0v) is 15.4. The van der Waals surface area contributed by atoms with Gasteiger partial charge >= 0.3 is 0 Å². The van der Waals surface area contributed by atoms with E-state index in [2.05, 4.69) is 37.2 Å². The minimum Gasteiger partial charge on any atom is -0.456 e. The summed E-state index contributed by atoms with van der Waals surface area (Å²) in [5, 5.41) is 2.83. The zero-order chi connectivity index (χ0) is 16.1. The Bertz CT molecular complexity index is 658. The highest BCUT2D eigenvalue weighted by molar-refractivity contribution is 9.11. The molecule has 0 aliphatic heterocycles. The number of carbonyl (C=O) groups is 1. The van der Waals surface area contributed by atoms with Crippen molar-refractivity contribution in [2.75, 3.05) is 26.0 Å². The van der Waals surface area contributed by atoms with E-state index in [4.69, 9.17) is 4.74 Å². The number of nitrogens with zero attached hydrogens (tertiary/aromatic N) is 1. The molecule has 0 aromatic heterocycles. The molecule has 116 valence electrons. The molecule has 0 aliphatic rings. The summed E-state index contributed by atoms with van der Waals surface area (Å²) in [5.74, 6) is 1.38. The Balaban J connectivity index is 2.01. The third kappa shape index (κ3) is 5.12. The van der Waals surface area contributed by atoms with Crippen LogP contribution < -0.4 is 10.1 Å². The van der Waals surface area contributed by atoms with Gasteiger partial charge in [0.05, 0.1) is 11.0 Å². The van der Waals surface area contributed by atoms with E-state index in [9.17, 15) is 4.79 Å². The monoisotopic (exact) mass is 426 g/mol. The van der Waals surface area contributed by atoms with Crippen molar-refractivity contribution < 1.29 is 9.53 Å². The normalized spacial score (nSPS) is 10.6. The van der Waals surface area contributed by atoms with Gasteiger partial charge in [-0.25, -0.2) is 0 Å². The summed E-state index contributed by atoms with van der Waals surface area (Å²) in [4.78, 5) is 13.5. The molecule has 1 amide bonds. The first kappa shape index (κ1) is 17.0. The molecule has 4 nitrogen and oxygen atoms in total. The van der Waals surface area contributed by atoms with Crippen molar-refractivity contribution in [1.29, 1.82) is 0 Å². The summed E-state index contributed by atoms with van der Waals surface area (Å²) >= 11 is 6.86. The smallest absolute Gasteiger partial charge is 0.238 e. The van der Waals surface area contributed by atoms with Gasteiger partial charge in [-0.1, -0.05) is 15.9 Å². The largest absolute Gasteiger partial charge is 0.456 e. The number of carbonyl (C=O) groups excluding carboxylic acids is 1. The van der Waals surface area contributed by atoms with Crippen LogP contribution in [0, 0.1) is 0 Å². The van der Waals surface area contributed by atoms with E-state index in [1.807, 2.05) is 61.5 Å². The number of ether oxygens (including phenoxy) is 1. The molecular formula is C16H16Br2N2O2. The van der Waals surface area contributed by atoms with Crippen LogP contribution in [0.4, 0.5) is 5.69 Å². The summed E-state index contributed by atoms with van der Waals surface area (Å²) in [5.41, 5.74) is 0.745. The summed E-state index contributed by atoms with van der Waals surface area (Å²) in [6.45, 7) is 0.351. The van der Waals surface area contributed by atoms with Crippen molar-refractivity contribution in [2.24, 2.45) is 0 Å². The van der Waals surface area contributed by atoms with E-state index in [1.54, 1.807) is 0 Å². The first-order chi connectivity index (χ1) is 10.4. The number of benzene rings is 2. The quantitative estimate of drug-likeness (QED) is 0.763. The van der Waals surface area contributed by atoms with E-state index >= 15 is 0 Å². The molecule has 2 aromatic carbocycles. The maximum atomic E-state index is 11.7. The van der Waals surface area contributed by atoms with E-state index in [0.29, 0.717) is 12.3 Å². The van der Waals surface area contributed by atoms with Gasteiger partial charge in [0.25, 0.3) is 0 Å². The maximum Gasteiger partial charge on any atom is 0.238 e. The Kier molecular flexibility index (Phi) is 5.99. The van der Waals surface area contributed by atoms with Crippen molar-refractivity contribution in [3.63, 3.8) is 0 Å². The minimum absolute atomic E-state index is 0.0469. The molecule has 2 rings (SSSR count). The van der Waals surface area contributed by atoms with Crippen molar-refractivity contribution in [3.05, 3.63) is 51.4 Å². The Labute approximate surface area is 146 Å². The summed E-state index contributed by atoms with van der Waals surface area (Å²) in [6.07, 6.45) is 0. The van der Waals surface area contributed by atoms with Crippen molar-refractivity contribution in [2.45, 2.75) is 0 Å². The molecule has 0 heterocycles. The fourth-order valence-electron chi connectivity index (χ4n) is 1.78. The molecule has 0 aliphatic carbocycles. The van der Waals surface area contributed by atoms with E-state index in [1.165, 1.54) is 0 Å². The number of rotatable bonds is 5. The first-order valence-electron chi connectivity index (χ1n) is 6.61. The van der Waals surface area contributed by atoms with Crippen LogP contribution in [0.3, 0.4) is 0 Å². The van der Waals surface area contributed by atoms with Gasteiger partial charge in [-0.2, -0.15) is 0 Å². The third-order valence-corrected chi connectivity index (χ3v) is 3.83. The highest BCUT2D eigenvalue weighted by Crippen LogP contribution is 2.32. The fourth-order valence-corrected chi connectivity index (χ4v) is 2.91. The van der Waals surface area contributed by atoms with Gasteiger partial charge < -0.3 is 15.0 Å². The highest BCUT2D eigenvalue weighted by atomic mass is 79.9. The van der Waals surface area contributed by atoms with Crippen LogP contribution in [0.1, 0.15) is 0 Å². The summed E-state index contributed by atoms with van der Waals surface area (Å²) in [6, 6.07) is 13.0. The second kappa shape index (κ2) is 7.76. The molecule has 22 heavy (non-hydrogen) atoms.